The van der Waals surface area contributed by atoms with E-state index in [1.165, 1.54) is 0 Å². The molecule has 0 aliphatic carbocycles. The zero-order valence-corrected chi connectivity index (χ0v) is 11.1. The van der Waals surface area contributed by atoms with Gasteiger partial charge >= 0.3 is 0 Å². The Balaban J connectivity index is 2.19. The number of piperidine rings is 1. The molecule has 0 aromatic carbocycles. The lowest BCUT2D eigenvalue weighted by atomic mass is 9.94. The zero-order valence-electron chi connectivity index (χ0n) is 11.1. The Morgan fingerprint density at radius 1 is 1.47 bits per heavy atom. The number of likely N-dealkylation sites (tertiary alicyclic amines) is 1. The second-order valence-electron chi connectivity index (χ2n) is 5.11. The van der Waals surface area contributed by atoms with Gasteiger partial charge in [0.05, 0.1) is 6.54 Å². The summed E-state index contributed by atoms with van der Waals surface area (Å²) in [5.74, 6) is 0.786. The Kier molecular flexibility index (Phi) is 6.52. The summed E-state index contributed by atoms with van der Waals surface area (Å²) >= 11 is 0. The lowest BCUT2D eigenvalue weighted by molar-refractivity contribution is -0.123. The van der Waals surface area contributed by atoms with Gasteiger partial charge in [-0.25, -0.2) is 0 Å². The second-order valence-corrected chi connectivity index (χ2v) is 5.11. The van der Waals surface area contributed by atoms with Crippen LogP contribution in [0, 0.1) is 5.92 Å². The molecule has 0 radical (unpaired) electrons. The van der Waals surface area contributed by atoms with E-state index in [1.54, 1.807) is 0 Å². The normalized spacial score (nSPS) is 20.2. The van der Waals surface area contributed by atoms with Crippen molar-refractivity contribution in [2.75, 3.05) is 26.2 Å². The minimum absolute atomic E-state index is 0.139. The van der Waals surface area contributed by atoms with Crippen LogP contribution in [-0.4, -0.2) is 48.2 Å². The molecule has 1 saturated heterocycles. The molecule has 100 valence electrons. The average Bonchev–Trinajstić information content (AvgIpc) is 2.31. The Labute approximate surface area is 104 Å². The smallest absolute Gasteiger partial charge is 0.234 e. The third kappa shape index (κ3) is 5.50. The highest BCUT2D eigenvalue weighted by atomic mass is 16.3. The molecule has 1 aliphatic rings. The first-order chi connectivity index (χ1) is 8.15. The summed E-state index contributed by atoms with van der Waals surface area (Å²) in [5.41, 5.74) is 0. The fourth-order valence-electron chi connectivity index (χ4n) is 2.24. The molecule has 0 aromatic rings. The summed E-state index contributed by atoms with van der Waals surface area (Å²) in [6.45, 7) is 6.89. The number of carbonyl (C=O) groups excluding carboxylic acids is 1. The maximum absolute atomic E-state index is 11.7. The van der Waals surface area contributed by atoms with Crippen LogP contribution < -0.4 is 5.32 Å². The number of aliphatic hydroxyl groups excluding tert-OH is 1. The van der Waals surface area contributed by atoms with Gasteiger partial charge in [0.15, 0.2) is 0 Å². The molecule has 0 saturated carbocycles. The highest BCUT2D eigenvalue weighted by Gasteiger charge is 2.20. The summed E-state index contributed by atoms with van der Waals surface area (Å²) in [6.07, 6.45) is 4.10. The Bertz CT molecular complexity index is 225. The molecule has 0 spiro atoms. The van der Waals surface area contributed by atoms with Gasteiger partial charge in [-0.05, 0) is 51.6 Å². The lowest BCUT2D eigenvalue weighted by Crippen LogP contribution is -2.43. The molecule has 0 bridgehead atoms. The molecule has 1 amide bonds. The van der Waals surface area contributed by atoms with Crippen LogP contribution in [0.5, 0.6) is 0 Å². The molecule has 0 aromatic heterocycles. The van der Waals surface area contributed by atoms with E-state index in [0.717, 1.165) is 38.8 Å². The van der Waals surface area contributed by atoms with Crippen LogP contribution in [0.25, 0.3) is 0 Å². The van der Waals surface area contributed by atoms with Crippen molar-refractivity contribution in [3.8, 4) is 0 Å². The molecular weight excluding hydrogens is 216 g/mol. The van der Waals surface area contributed by atoms with Crippen molar-refractivity contribution in [3.05, 3.63) is 0 Å². The van der Waals surface area contributed by atoms with Gasteiger partial charge in [0.1, 0.15) is 0 Å². The number of hydrogen-bond acceptors (Lipinski definition) is 3. The van der Waals surface area contributed by atoms with Crippen LogP contribution in [0.15, 0.2) is 0 Å². The van der Waals surface area contributed by atoms with E-state index in [9.17, 15) is 4.79 Å². The Morgan fingerprint density at radius 2 is 2.12 bits per heavy atom. The molecule has 1 rings (SSSR count). The average molecular weight is 242 g/mol. The van der Waals surface area contributed by atoms with E-state index in [0.29, 0.717) is 19.1 Å². The number of rotatable bonds is 6. The number of amides is 1. The van der Waals surface area contributed by atoms with Crippen molar-refractivity contribution in [2.45, 2.75) is 45.6 Å². The molecular formula is C13H26N2O2. The standard InChI is InChI=1S/C13H26N2O2/c1-3-11(2)14-13(17)10-15-7-4-12(5-8-15)6-9-16/h11-12,16H,3-10H2,1-2H3,(H,14,17)/t11-/m0/s1. The minimum atomic E-state index is 0.139. The quantitative estimate of drug-likeness (QED) is 0.730. The van der Waals surface area contributed by atoms with Gasteiger partial charge in [0, 0.05) is 12.6 Å². The van der Waals surface area contributed by atoms with Crippen LogP contribution in [0.3, 0.4) is 0 Å². The van der Waals surface area contributed by atoms with Crippen molar-refractivity contribution >= 4 is 5.91 Å². The molecule has 4 nitrogen and oxygen atoms in total. The number of hydrogen-bond donors (Lipinski definition) is 2. The topological polar surface area (TPSA) is 52.6 Å². The maximum Gasteiger partial charge on any atom is 0.234 e. The maximum atomic E-state index is 11.7. The number of nitrogens with one attached hydrogen (secondary N) is 1. The van der Waals surface area contributed by atoms with Crippen LogP contribution in [0.4, 0.5) is 0 Å². The first kappa shape index (κ1) is 14.5. The van der Waals surface area contributed by atoms with Crippen LogP contribution in [-0.2, 0) is 4.79 Å². The predicted octanol–water partition coefficient (Wildman–Crippen LogP) is 0.995. The number of aliphatic hydroxyl groups is 1. The summed E-state index contributed by atoms with van der Waals surface area (Å²) in [7, 11) is 0. The molecule has 2 N–H and O–H groups in total. The molecule has 17 heavy (non-hydrogen) atoms. The molecule has 1 atom stereocenters. The SMILES string of the molecule is CC[C@H](C)NC(=O)CN1CCC(CCO)CC1. The molecule has 0 unspecified atom stereocenters. The molecule has 1 fully saturated rings. The fraction of sp³-hybridized carbons (Fsp3) is 0.923. The third-order valence-corrected chi connectivity index (χ3v) is 3.63. The van der Waals surface area contributed by atoms with E-state index < -0.39 is 0 Å². The molecule has 1 heterocycles. The van der Waals surface area contributed by atoms with Crippen molar-refractivity contribution in [1.82, 2.24) is 10.2 Å². The van der Waals surface area contributed by atoms with Crippen molar-refractivity contribution < 1.29 is 9.90 Å². The van der Waals surface area contributed by atoms with Crippen LogP contribution in [0.2, 0.25) is 0 Å². The van der Waals surface area contributed by atoms with Crippen molar-refractivity contribution in [2.24, 2.45) is 5.92 Å². The summed E-state index contributed by atoms with van der Waals surface area (Å²) in [5, 5.41) is 11.9. The summed E-state index contributed by atoms with van der Waals surface area (Å²) < 4.78 is 0. The predicted molar refractivity (Wildman–Crippen MR) is 68.8 cm³/mol. The van der Waals surface area contributed by atoms with E-state index >= 15 is 0 Å². The van der Waals surface area contributed by atoms with Crippen molar-refractivity contribution in [1.29, 1.82) is 0 Å². The van der Waals surface area contributed by atoms with E-state index in [1.807, 2.05) is 6.92 Å². The van der Waals surface area contributed by atoms with Gasteiger partial charge < -0.3 is 10.4 Å². The third-order valence-electron chi connectivity index (χ3n) is 3.63. The number of nitrogens with zero attached hydrogens (tertiary/aromatic N) is 1. The summed E-state index contributed by atoms with van der Waals surface area (Å²) in [4.78, 5) is 13.9. The van der Waals surface area contributed by atoms with Gasteiger partial charge in [-0.1, -0.05) is 6.92 Å². The van der Waals surface area contributed by atoms with Crippen molar-refractivity contribution in [3.63, 3.8) is 0 Å². The number of carbonyl (C=O) groups is 1. The summed E-state index contributed by atoms with van der Waals surface area (Å²) in [6, 6.07) is 0.273. The van der Waals surface area contributed by atoms with Gasteiger partial charge in [-0.2, -0.15) is 0 Å². The van der Waals surface area contributed by atoms with Crippen LogP contribution in [0.1, 0.15) is 39.5 Å². The van der Waals surface area contributed by atoms with E-state index in [2.05, 4.69) is 17.1 Å². The van der Waals surface area contributed by atoms with E-state index in [4.69, 9.17) is 5.11 Å². The second kappa shape index (κ2) is 7.67. The highest BCUT2D eigenvalue weighted by molar-refractivity contribution is 5.78. The monoisotopic (exact) mass is 242 g/mol. The minimum Gasteiger partial charge on any atom is -0.396 e. The van der Waals surface area contributed by atoms with Crippen LogP contribution >= 0.6 is 0 Å². The highest BCUT2D eigenvalue weighted by Crippen LogP contribution is 2.19. The largest absolute Gasteiger partial charge is 0.396 e. The van der Waals surface area contributed by atoms with E-state index in [-0.39, 0.29) is 11.9 Å². The molecule has 4 heteroatoms. The fourth-order valence-corrected chi connectivity index (χ4v) is 2.24. The van der Waals surface area contributed by atoms with Gasteiger partial charge in [0.2, 0.25) is 5.91 Å². The Morgan fingerprint density at radius 3 is 2.65 bits per heavy atom. The zero-order chi connectivity index (χ0) is 12.7. The first-order valence-electron chi connectivity index (χ1n) is 6.78. The van der Waals surface area contributed by atoms with Gasteiger partial charge in [0.25, 0.3) is 0 Å². The first-order valence-corrected chi connectivity index (χ1v) is 6.78. The van der Waals surface area contributed by atoms with Gasteiger partial charge in [-0.15, -0.1) is 0 Å². The molecule has 1 aliphatic heterocycles. The Hall–Kier alpha value is -0.610. The van der Waals surface area contributed by atoms with Gasteiger partial charge in [-0.3, -0.25) is 9.69 Å². The lowest BCUT2D eigenvalue weighted by Gasteiger charge is -2.31.